The van der Waals surface area contributed by atoms with Gasteiger partial charge in [0.15, 0.2) is 5.76 Å². The van der Waals surface area contributed by atoms with Crippen LogP contribution in [0.3, 0.4) is 0 Å². The van der Waals surface area contributed by atoms with Crippen molar-refractivity contribution in [1.29, 1.82) is 0 Å². The average molecular weight is 477 g/mol. The zero-order valence-electron chi connectivity index (χ0n) is 18.4. The lowest BCUT2D eigenvalue weighted by Gasteiger charge is -2.11. The molecule has 0 fully saturated rings. The summed E-state index contributed by atoms with van der Waals surface area (Å²) in [7, 11) is 1.47. The number of benzene rings is 2. The van der Waals surface area contributed by atoms with E-state index in [4.69, 9.17) is 25.2 Å². The minimum atomic E-state index is -0.409. The summed E-state index contributed by atoms with van der Waals surface area (Å²) in [5.41, 5.74) is 2.78. The highest BCUT2D eigenvalue weighted by molar-refractivity contribution is 6.31. The van der Waals surface area contributed by atoms with Crippen molar-refractivity contribution in [3.63, 3.8) is 0 Å². The Morgan fingerprint density at radius 1 is 1.03 bits per heavy atom. The van der Waals surface area contributed by atoms with Crippen LogP contribution in [-0.4, -0.2) is 18.9 Å². The molecular weight excluding hydrogens is 456 g/mol. The number of aryl methyl sites for hydroxylation is 1. The van der Waals surface area contributed by atoms with Crippen molar-refractivity contribution in [2.75, 3.05) is 17.7 Å². The number of ether oxygens (including phenoxy) is 1. The maximum atomic E-state index is 12.4. The molecular formula is C26H21ClN2O5. The van der Waals surface area contributed by atoms with E-state index in [1.54, 1.807) is 42.5 Å². The lowest BCUT2D eigenvalue weighted by atomic mass is 10.1. The Morgan fingerprint density at radius 3 is 2.62 bits per heavy atom. The Balaban J connectivity index is 1.40. The quantitative estimate of drug-likeness (QED) is 0.300. The van der Waals surface area contributed by atoms with Gasteiger partial charge in [-0.25, -0.2) is 0 Å². The predicted molar refractivity (Wildman–Crippen MR) is 131 cm³/mol. The number of rotatable bonds is 7. The van der Waals surface area contributed by atoms with Crippen LogP contribution in [0.15, 0.2) is 81.8 Å². The van der Waals surface area contributed by atoms with Crippen molar-refractivity contribution < 1.29 is 23.2 Å². The molecule has 0 spiro atoms. The minimum Gasteiger partial charge on any atom is -0.494 e. The van der Waals surface area contributed by atoms with Gasteiger partial charge >= 0.3 is 0 Å². The highest BCUT2D eigenvalue weighted by Crippen LogP contribution is 2.29. The first-order chi connectivity index (χ1) is 16.4. The molecule has 172 valence electrons. The molecule has 0 aliphatic heterocycles. The lowest BCUT2D eigenvalue weighted by molar-refractivity contribution is -0.111. The summed E-state index contributed by atoms with van der Waals surface area (Å²) < 4.78 is 16.2. The molecule has 0 radical (unpaired) electrons. The third kappa shape index (κ3) is 5.39. The summed E-state index contributed by atoms with van der Waals surface area (Å²) in [4.78, 5) is 24.6. The van der Waals surface area contributed by atoms with Crippen LogP contribution in [0, 0.1) is 6.92 Å². The van der Waals surface area contributed by atoms with Crippen molar-refractivity contribution in [3.05, 3.63) is 95.1 Å². The molecule has 4 aromatic rings. The monoisotopic (exact) mass is 476 g/mol. The number of furan rings is 2. The van der Waals surface area contributed by atoms with Gasteiger partial charge in [-0.05, 0) is 61.0 Å². The first kappa shape index (κ1) is 22.9. The van der Waals surface area contributed by atoms with Crippen molar-refractivity contribution >= 4 is 40.9 Å². The Labute approximate surface area is 201 Å². The molecule has 4 rings (SSSR count). The molecule has 0 bridgehead atoms. The number of methoxy groups -OCH3 is 1. The maximum Gasteiger partial charge on any atom is 0.291 e. The fraction of sp³-hybridized carbons (Fsp3) is 0.0769. The minimum absolute atomic E-state index is 0.177. The van der Waals surface area contributed by atoms with Gasteiger partial charge in [-0.3, -0.25) is 9.59 Å². The molecule has 8 heteroatoms. The van der Waals surface area contributed by atoms with E-state index in [9.17, 15) is 9.59 Å². The summed E-state index contributed by atoms with van der Waals surface area (Å²) in [6.07, 6.45) is 4.35. The molecule has 7 nitrogen and oxygen atoms in total. The van der Waals surface area contributed by atoms with Crippen LogP contribution >= 0.6 is 11.6 Å². The predicted octanol–water partition coefficient (Wildman–Crippen LogP) is 6.41. The highest BCUT2D eigenvalue weighted by atomic mass is 35.5. The summed E-state index contributed by atoms with van der Waals surface area (Å²) in [6.45, 7) is 1.93. The smallest absolute Gasteiger partial charge is 0.291 e. The van der Waals surface area contributed by atoms with Crippen LogP contribution < -0.4 is 15.4 Å². The van der Waals surface area contributed by atoms with Crippen molar-refractivity contribution in [1.82, 2.24) is 0 Å². The normalized spacial score (nSPS) is 10.9. The second-order valence-corrected chi connectivity index (χ2v) is 7.74. The van der Waals surface area contributed by atoms with Gasteiger partial charge in [-0.1, -0.05) is 23.7 Å². The van der Waals surface area contributed by atoms with E-state index in [0.717, 1.165) is 11.1 Å². The third-order valence-electron chi connectivity index (χ3n) is 4.94. The molecule has 0 aliphatic carbocycles. The van der Waals surface area contributed by atoms with Gasteiger partial charge in [0.2, 0.25) is 5.91 Å². The number of carbonyl (C=O) groups is 2. The Bertz CT molecular complexity index is 1360. The van der Waals surface area contributed by atoms with Crippen molar-refractivity contribution in [2.24, 2.45) is 0 Å². The molecule has 2 heterocycles. The van der Waals surface area contributed by atoms with E-state index in [-0.39, 0.29) is 11.7 Å². The SMILES string of the molecule is COc1cc(NC(=O)/C=C/c2ccc(-c3ccc(C)c(Cl)c3)o2)ccc1NC(=O)c1ccco1. The molecule has 0 saturated heterocycles. The average Bonchev–Trinajstić information content (AvgIpc) is 3.53. The topological polar surface area (TPSA) is 93.7 Å². The van der Waals surface area contributed by atoms with Gasteiger partial charge in [0.25, 0.3) is 5.91 Å². The molecule has 2 aromatic heterocycles. The van der Waals surface area contributed by atoms with E-state index in [1.165, 1.54) is 19.4 Å². The van der Waals surface area contributed by atoms with Crippen molar-refractivity contribution in [2.45, 2.75) is 6.92 Å². The van der Waals surface area contributed by atoms with E-state index < -0.39 is 5.91 Å². The van der Waals surface area contributed by atoms with Crippen LogP contribution in [0.2, 0.25) is 5.02 Å². The molecule has 0 saturated carbocycles. The number of hydrogen-bond donors (Lipinski definition) is 2. The number of carbonyl (C=O) groups excluding carboxylic acids is 2. The molecule has 0 atom stereocenters. The first-order valence-electron chi connectivity index (χ1n) is 10.3. The second-order valence-electron chi connectivity index (χ2n) is 7.34. The van der Waals surface area contributed by atoms with E-state index in [2.05, 4.69) is 10.6 Å². The Kier molecular flexibility index (Phi) is 6.85. The molecule has 2 N–H and O–H groups in total. The van der Waals surface area contributed by atoms with Gasteiger partial charge in [0, 0.05) is 28.4 Å². The third-order valence-corrected chi connectivity index (χ3v) is 5.35. The standard InChI is InChI=1S/C26H21ClN2O5/c1-16-5-6-17(14-20(16)27)22-11-8-19(34-22)9-12-25(30)28-18-7-10-21(24(15-18)32-2)29-26(31)23-4-3-13-33-23/h3-15H,1-2H3,(H,28,30)(H,29,31)/b12-9+. The number of amides is 2. The van der Waals surface area contributed by atoms with Crippen LogP contribution in [0.5, 0.6) is 5.75 Å². The van der Waals surface area contributed by atoms with E-state index >= 15 is 0 Å². The Morgan fingerprint density at radius 2 is 1.88 bits per heavy atom. The fourth-order valence-corrected chi connectivity index (χ4v) is 3.33. The summed E-state index contributed by atoms with van der Waals surface area (Å²) in [5.74, 6) is 0.971. The number of hydrogen-bond acceptors (Lipinski definition) is 5. The summed E-state index contributed by atoms with van der Waals surface area (Å²) in [5, 5.41) is 6.12. The van der Waals surface area contributed by atoms with E-state index in [1.807, 2.05) is 31.2 Å². The number of anilines is 2. The number of nitrogens with one attached hydrogen (secondary N) is 2. The second kappa shape index (κ2) is 10.1. The summed E-state index contributed by atoms with van der Waals surface area (Å²) in [6, 6.07) is 17.3. The zero-order valence-corrected chi connectivity index (χ0v) is 19.2. The molecule has 0 aliphatic rings. The molecule has 2 amide bonds. The largest absolute Gasteiger partial charge is 0.494 e. The van der Waals surface area contributed by atoms with E-state index in [0.29, 0.717) is 33.7 Å². The highest BCUT2D eigenvalue weighted by Gasteiger charge is 2.13. The first-order valence-corrected chi connectivity index (χ1v) is 10.7. The lowest BCUT2D eigenvalue weighted by Crippen LogP contribution is -2.12. The van der Waals surface area contributed by atoms with Crippen LogP contribution in [0.25, 0.3) is 17.4 Å². The van der Waals surface area contributed by atoms with Gasteiger partial charge < -0.3 is 24.2 Å². The van der Waals surface area contributed by atoms with Crippen molar-refractivity contribution in [3.8, 4) is 17.1 Å². The van der Waals surface area contributed by atoms with Crippen LogP contribution in [-0.2, 0) is 4.79 Å². The number of halogens is 1. The Hall–Kier alpha value is -4.23. The van der Waals surface area contributed by atoms with Gasteiger partial charge in [0.05, 0.1) is 19.1 Å². The fourth-order valence-electron chi connectivity index (χ4n) is 3.15. The zero-order chi connectivity index (χ0) is 24.1. The molecule has 2 aromatic carbocycles. The van der Waals surface area contributed by atoms with Crippen LogP contribution in [0.1, 0.15) is 21.9 Å². The van der Waals surface area contributed by atoms with Gasteiger partial charge in [-0.2, -0.15) is 0 Å². The summed E-state index contributed by atoms with van der Waals surface area (Å²) >= 11 is 6.19. The van der Waals surface area contributed by atoms with Crippen LogP contribution in [0.4, 0.5) is 11.4 Å². The molecule has 34 heavy (non-hydrogen) atoms. The van der Waals surface area contributed by atoms with Gasteiger partial charge in [-0.15, -0.1) is 0 Å². The molecule has 0 unspecified atom stereocenters. The van der Waals surface area contributed by atoms with Gasteiger partial charge in [0.1, 0.15) is 17.3 Å². The maximum absolute atomic E-state index is 12.4.